The van der Waals surface area contributed by atoms with Crippen molar-refractivity contribution < 1.29 is 0 Å². The van der Waals surface area contributed by atoms with Crippen LogP contribution in [0.15, 0.2) is 12.4 Å². The van der Waals surface area contributed by atoms with Gasteiger partial charge in [0.2, 0.25) is 0 Å². The minimum Gasteiger partial charge on any atom is -0.281 e. The molecule has 0 radical (unpaired) electrons. The zero-order valence-corrected chi connectivity index (χ0v) is 13.1. The Hall–Kier alpha value is -1.71. The maximum absolute atomic E-state index is 4.60. The minimum absolute atomic E-state index is 0.354. The summed E-state index contributed by atoms with van der Waals surface area (Å²) in [5.74, 6) is 1.65. The third-order valence-corrected chi connectivity index (χ3v) is 5.59. The molecule has 1 saturated carbocycles. The predicted molar refractivity (Wildman–Crippen MR) is 82.2 cm³/mol. The Morgan fingerprint density at radius 1 is 1.19 bits per heavy atom. The van der Waals surface area contributed by atoms with Crippen LogP contribution in [0.25, 0.3) is 11.4 Å². The van der Waals surface area contributed by atoms with Gasteiger partial charge in [-0.2, -0.15) is 5.10 Å². The van der Waals surface area contributed by atoms with Crippen LogP contribution in [0.1, 0.15) is 75.2 Å². The highest BCUT2D eigenvalue weighted by atomic mass is 15.1. The summed E-state index contributed by atoms with van der Waals surface area (Å²) in [4.78, 5) is 8.85. The molecule has 110 valence electrons. The van der Waals surface area contributed by atoms with E-state index in [0.29, 0.717) is 23.2 Å². The van der Waals surface area contributed by atoms with E-state index in [0.717, 1.165) is 17.1 Å². The summed E-state index contributed by atoms with van der Waals surface area (Å²) in [6.07, 6.45) is 4.23. The van der Waals surface area contributed by atoms with Crippen molar-refractivity contribution in [2.75, 3.05) is 0 Å². The van der Waals surface area contributed by atoms with Crippen LogP contribution in [0.3, 0.4) is 0 Å². The Kier molecular flexibility index (Phi) is 2.57. The monoisotopic (exact) mass is 282 g/mol. The van der Waals surface area contributed by atoms with Gasteiger partial charge in [0.15, 0.2) is 0 Å². The quantitative estimate of drug-likeness (QED) is 0.906. The Bertz CT molecular complexity index is 699. The molecule has 2 atom stereocenters. The molecule has 2 aromatic heterocycles. The van der Waals surface area contributed by atoms with E-state index in [-0.39, 0.29) is 0 Å². The topological polar surface area (TPSA) is 54.5 Å². The van der Waals surface area contributed by atoms with Crippen LogP contribution in [-0.4, -0.2) is 20.2 Å². The van der Waals surface area contributed by atoms with Gasteiger partial charge in [-0.25, -0.2) is 9.97 Å². The summed E-state index contributed by atoms with van der Waals surface area (Å²) < 4.78 is 0. The van der Waals surface area contributed by atoms with Crippen LogP contribution in [-0.2, 0) is 0 Å². The molecule has 21 heavy (non-hydrogen) atoms. The Morgan fingerprint density at radius 3 is 2.71 bits per heavy atom. The average Bonchev–Trinajstić information content (AvgIpc) is 3.07. The lowest BCUT2D eigenvalue weighted by Gasteiger charge is -2.24. The molecule has 0 saturated heterocycles. The standard InChI is InChI=1S/C17H22N4/c1-9(2)12-7-13(19-8-18-12)16-14-10-5-6-11(17(10,3)4)15(14)20-21-16/h7-11H,5-6H2,1-4H3,(H,20,21). The van der Waals surface area contributed by atoms with Gasteiger partial charge in [0, 0.05) is 22.9 Å². The fraction of sp³-hybridized carbons (Fsp3) is 0.588. The van der Waals surface area contributed by atoms with Gasteiger partial charge < -0.3 is 0 Å². The Morgan fingerprint density at radius 2 is 1.95 bits per heavy atom. The summed E-state index contributed by atoms with van der Waals surface area (Å²) in [6, 6.07) is 2.10. The van der Waals surface area contributed by atoms with Gasteiger partial charge in [0.05, 0.1) is 5.69 Å². The summed E-state index contributed by atoms with van der Waals surface area (Å²) in [5.41, 5.74) is 6.23. The number of hydrogen-bond acceptors (Lipinski definition) is 3. The molecule has 1 N–H and O–H groups in total. The number of nitrogens with one attached hydrogen (secondary N) is 1. The van der Waals surface area contributed by atoms with E-state index in [1.54, 1.807) is 6.33 Å². The highest BCUT2D eigenvalue weighted by Crippen LogP contribution is 2.65. The molecule has 0 aromatic carbocycles. The molecule has 2 unspecified atom stereocenters. The van der Waals surface area contributed by atoms with Crippen LogP contribution in [0.5, 0.6) is 0 Å². The molecule has 4 heteroatoms. The minimum atomic E-state index is 0.354. The maximum Gasteiger partial charge on any atom is 0.116 e. The molecule has 0 amide bonds. The van der Waals surface area contributed by atoms with E-state index >= 15 is 0 Å². The molecular weight excluding hydrogens is 260 g/mol. The van der Waals surface area contributed by atoms with E-state index in [4.69, 9.17) is 0 Å². The molecular formula is C17H22N4. The number of nitrogens with zero attached hydrogens (tertiary/aromatic N) is 3. The maximum atomic E-state index is 4.60. The van der Waals surface area contributed by atoms with Gasteiger partial charge in [-0.05, 0) is 36.2 Å². The molecule has 1 fully saturated rings. The fourth-order valence-corrected chi connectivity index (χ4v) is 4.35. The number of fused-ring (bicyclic) bond motifs is 5. The lowest BCUT2D eigenvalue weighted by Crippen LogP contribution is -2.15. The smallest absolute Gasteiger partial charge is 0.116 e. The zero-order valence-electron chi connectivity index (χ0n) is 13.1. The lowest BCUT2D eigenvalue weighted by molar-refractivity contribution is 0.321. The summed E-state index contributed by atoms with van der Waals surface area (Å²) in [7, 11) is 0. The third kappa shape index (κ3) is 1.65. The van der Waals surface area contributed by atoms with Crippen molar-refractivity contribution in [1.82, 2.24) is 20.2 Å². The first-order valence-electron chi connectivity index (χ1n) is 7.90. The van der Waals surface area contributed by atoms with Crippen LogP contribution < -0.4 is 0 Å². The van der Waals surface area contributed by atoms with E-state index in [1.165, 1.54) is 24.1 Å². The normalized spacial score (nSPS) is 25.6. The lowest BCUT2D eigenvalue weighted by atomic mass is 9.80. The number of H-pyrrole nitrogens is 1. The second-order valence-electron chi connectivity index (χ2n) is 7.39. The first-order chi connectivity index (χ1) is 10.00. The van der Waals surface area contributed by atoms with Crippen molar-refractivity contribution in [3.8, 4) is 11.4 Å². The van der Waals surface area contributed by atoms with E-state index in [9.17, 15) is 0 Å². The first kappa shape index (κ1) is 13.0. The SMILES string of the molecule is CC(C)c1cc(-c2n[nH]c3c2C2CCC3C2(C)C)ncn1. The molecule has 2 aromatic rings. The molecule has 2 bridgehead atoms. The highest BCUT2D eigenvalue weighted by Gasteiger charge is 2.54. The average molecular weight is 282 g/mol. The summed E-state index contributed by atoms with van der Waals surface area (Å²) in [6.45, 7) is 9.11. The van der Waals surface area contributed by atoms with Crippen molar-refractivity contribution in [3.05, 3.63) is 29.3 Å². The molecule has 2 heterocycles. The highest BCUT2D eigenvalue weighted by molar-refractivity contribution is 5.64. The molecule has 4 rings (SSSR count). The van der Waals surface area contributed by atoms with Crippen LogP contribution in [0, 0.1) is 5.41 Å². The van der Waals surface area contributed by atoms with Gasteiger partial charge in [-0.3, -0.25) is 5.10 Å². The van der Waals surface area contributed by atoms with Crippen molar-refractivity contribution in [2.45, 2.75) is 58.3 Å². The molecule has 0 aliphatic heterocycles. The van der Waals surface area contributed by atoms with Crippen molar-refractivity contribution >= 4 is 0 Å². The van der Waals surface area contributed by atoms with E-state index in [1.807, 2.05) is 0 Å². The summed E-state index contributed by atoms with van der Waals surface area (Å²) >= 11 is 0. The third-order valence-electron chi connectivity index (χ3n) is 5.59. The van der Waals surface area contributed by atoms with E-state index in [2.05, 4.69) is 53.9 Å². The van der Waals surface area contributed by atoms with Gasteiger partial charge >= 0.3 is 0 Å². The Balaban J connectivity index is 1.84. The second kappa shape index (κ2) is 4.15. The summed E-state index contributed by atoms with van der Waals surface area (Å²) in [5, 5.41) is 7.91. The van der Waals surface area contributed by atoms with Crippen molar-refractivity contribution in [1.29, 1.82) is 0 Å². The fourth-order valence-electron chi connectivity index (χ4n) is 4.35. The molecule has 0 spiro atoms. The van der Waals surface area contributed by atoms with Crippen LogP contribution in [0.2, 0.25) is 0 Å². The number of rotatable bonds is 2. The van der Waals surface area contributed by atoms with Crippen LogP contribution in [0.4, 0.5) is 0 Å². The first-order valence-corrected chi connectivity index (χ1v) is 7.90. The number of hydrogen-bond donors (Lipinski definition) is 1. The van der Waals surface area contributed by atoms with Gasteiger partial charge in [0.1, 0.15) is 12.0 Å². The van der Waals surface area contributed by atoms with Crippen molar-refractivity contribution in [2.24, 2.45) is 5.41 Å². The molecule has 2 aliphatic rings. The number of aromatic amines is 1. The van der Waals surface area contributed by atoms with Gasteiger partial charge in [-0.1, -0.05) is 27.7 Å². The number of aromatic nitrogens is 4. The molecule has 2 aliphatic carbocycles. The Labute approximate surface area is 125 Å². The van der Waals surface area contributed by atoms with Gasteiger partial charge in [-0.15, -0.1) is 0 Å². The van der Waals surface area contributed by atoms with E-state index < -0.39 is 0 Å². The zero-order chi connectivity index (χ0) is 14.8. The second-order valence-corrected chi connectivity index (χ2v) is 7.39. The predicted octanol–water partition coefficient (Wildman–Crippen LogP) is 3.99. The largest absolute Gasteiger partial charge is 0.281 e. The van der Waals surface area contributed by atoms with Gasteiger partial charge in [0.25, 0.3) is 0 Å². The van der Waals surface area contributed by atoms with Crippen molar-refractivity contribution in [3.63, 3.8) is 0 Å². The molecule has 4 nitrogen and oxygen atoms in total. The van der Waals surface area contributed by atoms with Crippen LogP contribution >= 0.6 is 0 Å².